The largest absolute Gasteiger partial charge is 0.490 e. The third kappa shape index (κ3) is 0.727. The molecule has 52 valence electrons. The summed E-state index contributed by atoms with van der Waals surface area (Å²) in [6, 6.07) is 4.08. The first-order valence-electron chi connectivity index (χ1n) is 3.33. The van der Waals surface area contributed by atoms with Crippen molar-refractivity contribution < 1.29 is 4.74 Å². The maximum atomic E-state index is 5.30. The van der Waals surface area contributed by atoms with Gasteiger partial charge in [-0.2, -0.15) is 0 Å². The Morgan fingerprint density at radius 3 is 3.40 bits per heavy atom. The van der Waals surface area contributed by atoms with Gasteiger partial charge in [-0.15, -0.1) is 0 Å². The Morgan fingerprint density at radius 2 is 2.50 bits per heavy atom. The van der Waals surface area contributed by atoms with E-state index >= 15 is 0 Å². The van der Waals surface area contributed by atoms with Gasteiger partial charge in [-0.1, -0.05) is 0 Å². The van der Waals surface area contributed by atoms with Crippen molar-refractivity contribution in [3.05, 3.63) is 29.8 Å². The highest BCUT2D eigenvalue weighted by Gasteiger charge is 2.04. The minimum Gasteiger partial charge on any atom is -0.490 e. The molecule has 1 aliphatic heterocycles. The molecule has 0 amide bonds. The van der Waals surface area contributed by atoms with Crippen molar-refractivity contribution in [1.82, 2.24) is 4.57 Å². The van der Waals surface area contributed by atoms with E-state index in [-0.39, 0.29) is 0 Å². The summed E-state index contributed by atoms with van der Waals surface area (Å²) in [7, 11) is 0. The van der Waals surface area contributed by atoms with Crippen LogP contribution in [0.3, 0.4) is 0 Å². The minimum absolute atomic E-state index is 0.704. The van der Waals surface area contributed by atoms with E-state index in [0.29, 0.717) is 6.61 Å². The maximum Gasteiger partial charge on any atom is 0.128 e. The fourth-order valence-electron chi connectivity index (χ4n) is 1.10. The van der Waals surface area contributed by atoms with Crippen LogP contribution in [0, 0.1) is 0 Å². The third-order valence-electron chi connectivity index (χ3n) is 1.64. The first kappa shape index (κ1) is 5.59. The van der Waals surface area contributed by atoms with Gasteiger partial charge in [-0.05, 0) is 19.1 Å². The highest BCUT2D eigenvalue weighted by Crippen LogP contribution is 2.14. The summed E-state index contributed by atoms with van der Waals surface area (Å²) in [6.45, 7) is 2.66. The van der Waals surface area contributed by atoms with Gasteiger partial charge < -0.3 is 9.30 Å². The van der Waals surface area contributed by atoms with Crippen molar-refractivity contribution in [2.24, 2.45) is 0 Å². The Bertz CT molecular complexity index is 273. The van der Waals surface area contributed by atoms with E-state index in [1.165, 1.54) is 5.69 Å². The number of rotatable bonds is 0. The average molecular weight is 135 g/mol. The fraction of sp³-hybridized carbons (Fsp3) is 0.250. The zero-order valence-corrected chi connectivity index (χ0v) is 5.87. The molecule has 0 saturated heterocycles. The second-order valence-corrected chi connectivity index (χ2v) is 2.44. The van der Waals surface area contributed by atoms with Gasteiger partial charge in [0.05, 0.1) is 5.69 Å². The lowest BCUT2D eigenvalue weighted by Gasteiger charge is -2.13. The second-order valence-electron chi connectivity index (χ2n) is 2.44. The highest BCUT2D eigenvalue weighted by molar-refractivity contribution is 5.32. The molecule has 2 heterocycles. The summed E-state index contributed by atoms with van der Waals surface area (Å²) < 4.78 is 7.39. The predicted molar refractivity (Wildman–Crippen MR) is 39.2 cm³/mol. The van der Waals surface area contributed by atoms with E-state index in [1.807, 2.05) is 25.4 Å². The van der Waals surface area contributed by atoms with Gasteiger partial charge >= 0.3 is 0 Å². The van der Waals surface area contributed by atoms with Gasteiger partial charge in [-0.25, -0.2) is 0 Å². The maximum absolute atomic E-state index is 5.30. The normalized spacial score (nSPS) is 15.5. The van der Waals surface area contributed by atoms with Gasteiger partial charge in [0, 0.05) is 12.4 Å². The number of nitrogens with zero attached hydrogens (tertiary/aromatic N) is 1. The highest BCUT2D eigenvalue weighted by atomic mass is 16.5. The average Bonchev–Trinajstić information content (AvgIpc) is 2.33. The Kier molecular flexibility index (Phi) is 1.07. The van der Waals surface area contributed by atoms with Crippen LogP contribution in [-0.2, 0) is 11.3 Å². The van der Waals surface area contributed by atoms with Crippen molar-refractivity contribution in [3.63, 3.8) is 0 Å². The Balaban J connectivity index is 2.50. The quantitative estimate of drug-likeness (QED) is 0.529. The van der Waals surface area contributed by atoms with E-state index in [1.54, 1.807) is 0 Å². The van der Waals surface area contributed by atoms with E-state index in [2.05, 4.69) is 10.6 Å². The molecule has 2 heteroatoms. The zero-order valence-electron chi connectivity index (χ0n) is 5.87. The van der Waals surface area contributed by atoms with Crippen LogP contribution in [0.4, 0.5) is 0 Å². The number of ether oxygens (including phenoxy) is 1. The molecule has 0 radical (unpaired) electrons. The third-order valence-corrected chi connectivity index (χ3v) is 1.64. The molecule has 0 bridgehead atoms. The number of aromatic nitrogens is 1. The first-order valence-corrected chi connectivity index (χ1v) is 3.33. The molecule has 0 fully saturated rings. The zero-order chi connectivity index (χ0) is 6.97. The summed E-state index contributed by atoms with van der Waals surface area (Å²) in [5, 5.41) is 0. The molecular weight excluding hydrogens is 126 g/mol. The molecule has 1 aromatic heterocycles. The van der Waals surface area contributed by atoms with E-state index < -0.39 is 0 Å². The van der Waals surface area contributed by atoms with Crippen LogP contribution < -0.4 is 0 Å². The van der Waals surface area contributed by atoms with Gasteiger partial charge in [0.1, 0.15) is 12.4 Å². The molecule has 1 aliphatic rings. The van der Waals surface area contributed by atoms with E-state index in [4.69, 9.17) is 4.74 Å². The molecule has 10 heavy (non-hydrogen) atoms. The number of fused-ring (bicyclic) bond motifs is 1. The van der Waals surface area contributed by atoms with Gasteiger partial charge in [0.2, 0.25) is 0 Å². The molecule has 0 saturated carbocycles. The SMILES string of the molecule is CC1=Cn2cccc2CO1. The molecule has 2 nitrogen and oxygen atoms in total. The van der Waals surface area contributed by atoms with Crippen molar-refractivity contribution in [1.29, 1.82) is 0 Å². The van der Waals surface area contributed by atoms with Crippen molar-refractivity contribution in [2.75, 3.05) is 0 Å². The summed E-state index contributed by atoms with van der Waals surface area (Å²) >= 11 is 0. The molecule has 0 spiro atoms. The summed E-state index contributed by atoms with van der Waals surface area (Å²) in [5.74, 6) is 0.976. The number of hydrogen-bond acceptors (Lipinski definition) is 1. The minimum atomic E-state index is 0.704. The van der Waals surface area contributed by atoms with Crippen LogP contribution in [-0.4, -0.2) is 4.57 Å². The van der Waals surface area contributed by atoms with E-state index in [9.17, 15) is 0 Å². The van der Waals surface area contributed by atoms with Crippen LogP contribution in [0.15, 0.2) is 24.1 Å². The van der Waals surface area contributed by atoms with Crippen LogP contribution >= 0.6 is 0 Å². The molecular formula is C8H9NO. The van der Waals surface area contributed by atoms with Crippen LogP contribution in [0.25, 0.3) is 6.20 Å². The predicted octanol–water partition coefficient (Wildman–Crippen LogP) is 1.84. The summed E-state index contributed by atoms with van der Waals surface area (Å²) in [5.41, 5.74) is 1.21. The van der Waals surface area contributed by atoms with Crippen LogP contribution in [0.2, 0.25) is 0 Å². The topological polar surface area (TPSA) is 14.2 Å². The molecule has 0 N–H and O–H groups in total. The monoisotopic (exact) mass is 135 g/mol. The first-order chi connectivity index (χ1) is 4.86. The Labute approximate surface area is 59.7 Å². The smallest absolute Gasteiger partial charge is 0.128 e. The number of allylic oxidation sites excluding steroid dienone is 1. The molecule has 0 aliphatic carbocycles. The summed E-state index contributed by atoms with van der Waals surface area (Å²) in [6.07, 6.45) is 4.01. The molecule has 1 aromatic rings. The Hall–Kier alpha value is -1.18. The summed E-state index contributed by atoms with van der Waals surface area (Å²) in [4.78, 5) is 0. The van der Waals surface area contributed by atoms with Gasteiger partial charge in [0.15, 0.2) is 0 Å². The molecule has 2 rings (SSSR count). The molecule has 0 aromatic carbocycles. The standard InChI is InChI=1S/C8H9NO/c1-7-5-9-4-2-3-8(9)6-10-7/h2-5H,6H2,1H3. The second kappa shape index (κ2) is 1.90. The van der Waals surface area contributed by atoms with E-state index in [0.717, 1.165) is 5.76 Å². The van der Waals surface area contributed by atoms with Crippen molar-refractivity contribution in [3.8, 4) is 0 Å². The van der Waals surface area contributed by atoms with Gasteiger partial charge in [0.25, 0.3) is 0 Å². The van der Waals surface area contributed by atoms with Crippen molar-refractivity contribution >= 4 is 6.20 Å². The number of hydrogen-bond donors (Lipinski definition) is 0. The Morgan fingerprint density at radius 1 is 1.60 bits per heavy atom. The fourth-order valence-corrected chi connectivity index (χ4v) is 1.10. The van der Waals surface area contributed by atoms with Crippen LogP contribution in [0.5, 0.6) is 0 Å². The van der Waals surface area contributed by atoms with Crippen molar-refractivity contribution in [2.45, 2.75) is 13.5 Å². The molecule has 0 unspecified atom stereocenters. The lowest BCUT2D eigenvalue weighted by molar-refractivity contribution is 0.190. The lowest BCUT2D eigenvalue weighted by atomic mass is 10.4. The van der Waals surface area contributed by atoms with Crippen LogP contribution in [0.1, 0.15) is 12.6 Å². The molecule has 0 atom stereocenters. The van der Waals surface area contributed by atoms with Gasteiger partial charge in [-0.3, -0.25) is 0 Å². The lowest BCUT2D eigenvalue weighted by Crippen LogP contribution is -2.03.